The summed E-state index contributed by atoms with van der Waals surface area (Å²) in [4.78, 5) is 12.3. The van der Waals surface area contributed by atoms with Gasteiger partial charge in [0.05, 0.1) is 0 Å². The molecule has 1 heterocycles. The van der Waals surface area contributed by atoms with Crippen LogP contribution >= 0.6 is 34.8 Å². The molecule has 0 aliphatic rings. The zero-order valence-electron chi connectivity index (χ0n) is 13.7. The van der Waals surface area contributed by atoms with Crippen LogP contribution in [-0.4, -0.2) is 5.91 Å². The number of hydrogen-bond donors (Lipinski definition) is 1. The molecule has 0 spiro atoms. The Hall–Kier alpha value is -2.71. The smallest absolute Gasteiger partial charge is 0.266 e. The topological polar surface area (TPSA) is 66.0 Å². The number of hydrogen-bond acceptors (Lipinski definition) is 3. The van der Waals surface area contributed by atoms with Gasteiger partial charge < -0.3 is 9.73 Å². The van der Waals surface area contributed by atoms with E-state index in [-0.39, 0.29) is 5.57 Å². The van der Waals surface area contributed by atoms with Gasteiger partial charge in [-0.1, -0.05) is 40.9 Å². The van der Waals surface area contributed by atoms with Crippen molar-refractivity contribution in [1.82, 2.24) is 0 Å². The molecule has 0 radical (unpaired) electrons. The average Bonchev–Trinajstić information content (AvgIpc) is 3.07. The number of benzene rings is 2. The van der Waals surface area contributed by atoms with Crippen LogP contribution in [0.1, 0.15) is 5.76 Å². The van der Waals surface area contributed by atoms with Crippen molar-refractivity contribution in [3.8, 4) is 17.4 Å². The quantitative estimate of drug-likeness (QED) is 0.392. The SMILES string of the molecule is N#C/C(=C\c1ccc(-c2cc(Cl)cc(Cl)c2)o1)C(=O)Nc1cccc(Cl)c1. The van der Waals surface area contributed by atoms with Crippen LogP contribution in [0, 0.1) is 11.3 Å². The number of nitriles is 1. The monoisotopic (exact) mass is 416 g/mol. The molecule has 1 aromatic heterocycles. The maximum absolute atomic E-state index is 12.3. The van der Waals surface area contributed by atoms with E-state index in [1.165, 1.54) is 6.08 Å². The van der Waals surface area contributed by atoms with E-state index in [0.717, 1.165) is 0 Å². The molecule has 134 valence electrons. The van der Waals surface area contributed by atoms with E-state index in [2.05, 4.69) is 5.32 Å². The summed E-state index contributed by atoms with van der Waals surface area (Å²) < 4.78 is 5.69. The highest BCUT2D eigenvalue weighted by Gasteiger charge is 2.12. The number of nitrogens with zero attached hydrogens (tertiary/aromatic N) is 1. The minimum atomic E-state index is -0.566. The maximum atomic E-state index is 12.3. The lowest BCUT2D eigenvalue weighted by molar-refractivity contribution is -0.112. The number of halogens is 3. The fraction of sp³-hybridized carbons (Fsp3) is 0. The first-order chi connectivity index (χ1) is 12.9. The fourth-order valence-corrected chi connectivity index (χ4v) is 3.05. The van der Waals surface area contributed by atoms with Gasteiger partial charge in [-0.2, -0.15) is 5.26 Å². The molecule has 2 aromatic carbocycles. The lowest BCUT2D eigenvalue weighted by Crippen LogP contribution is -2.13. The van der Waals surface area contributed by atoms with Crippen LogP contribution in [0.25, 0.3) is 17.4 Å². The average molecular weight is 418 g/mol. The van der Waals surface area contributed by atoms with Crippen LogP contribution in [0.5, 0.6) is 0 Å². The van der Waals surface area contributed by atoms with E-state index < -0.39 is 5.91 Å². The van der Waals surface area contributed by atoms with Crippen LogP contribution in [0.4, 0.5) is 5.69 Å². The Bertz CT molecular complexity index is 1060. The van der Waals surface area contributed by atoms with Crippen molar-refractivity contribution in [2.45, 2.75) is 0 Å². The lowest BCUT2D eigenvalue weighted by Gasteiger charge is -2.04. The van der Waals surface area contributed by atoms with Crippen molar-refractivity contribution < 1.29 is 9.21 Å². The second-order valence-corrected chi connectivity index (χ2v) is 6.80. The number of rotatable bonds is 4. The molecule has 0 bridgehead atoms. The van der Waals surface area contributed by atoms with Crippen LogP contribution in [-0.2, 0) is 4.79 Å². The highest BCUT2D eigenvalue weighted by Crippen LogP contribution is 2.29. The third kappa shape index (κ3) is 4.93. The van der Waals surface area contributed by atoms with Crippen molar-refractivity contribution in [3.63, 3.8) is 0 Å². The van der Waals surface area contributed by atoms with Gasteiger partial charge in [-0.25, -0.2) is 0 Å². The Morgan fingerprint density at radius 2 is 1.74 bits per heavy atom. The first-order valence-corrected chi connectivity index (χ1v) is 8.83. The predicted molar refractivity (Wildman–Crippen MR) is 108 cm³/mol. The minimum absolute atomic E-state index is 0.111. The van der Waals surface area contributed by atoms with Gasteiger partial charge in [0.1, 0.15) is 23.2 Å². The minimum Gasteiger partial charge on any atom is -0.457 e. The molecular weight excluding hydrogens is 407 g/mol. The van der Waals surface area contributed by atoms with Gasteiger partial charge >= 0.3 is 0 Å². The van der Waals surface area contributed by atoms with E-state index in [0.29, 0.717) is 37.8 Å². The van der Waals surface area contributed by atoms with Gasteiger partial charge in [0.25, 0.3) is 5.91 Å². The molecule has 3 aromatic rings. The summed E-state index contributed by atoms with van der Waals surface area (Å²) >= 11 is 17.9. The van der Waals surface area contributed by atoms with Gasteiger partial charge in [0.2, 0.25) is 0 Å². The molecule has 4 nitrogen and oxygen atoms in total. The number of furan rings is 1. The molecule has 0 aliphatic heterocycles. The zero-order valence-corrected chi connectivity index (χ0v) is 15.9. The Morgan fingerprint density at radius 1 is 1.00 bits per heavy atom. The van der Waals surface area contributed by atoms with Gasteiger partial charge in [0.15, 0.2) is 0 Å². The fourth-order valence-electron chi connectivity index (χ4n) is 2.34. The number of anilines is 1. The van der Waals surface area contributed by atoms with Crippen LogP contribution in [0.2, 0.25) is 15.1 Å². The molecule has 0 fully saturated rings. The summed E-state index contributed by atoms with van der Waals surface area (Å²) in [7, 11) is 0. The molecule has 3 rings (SSSR count). The molecule has 7 heteroatoms. The molecule has 0 atom stereocenters. The first-order valence-electron chi connectivity index (χ1n) is 7.69. The highest BCUT2D eigenvalue weighted by atomic mass is 35.5. The van der Waals surface area contributed by atoms with E-state index in [1.807, 2.05) is 6.07 Å². The Morgan fingerprint density at radius 3 is 2.41 bits per heavy atom. The molecule has 0 unspecified atom stereocenters. The number of carbonyl (C=O) groups excluding carboxylic acids is 1. The van der Waals surface area contributed by atoms with E-state index >= 15 is 0 Å². The first kappa shape index (κ1) is 19.1. The van der Waals surface area contributed by atoms with Crippen LogP contribution in [0.15, 0.2) is 64.6 Å². The van der Waals surface area contributed by atoms with Crippen molar-refractivity contribution in [2.24, 2.45) is 0 Å². The standard InChI is InChI=1S/C20H11Cl3N2O2/c21-14-2-1-3-17(10-14)25-20(26)13(11-24)8-18-4-5-19(27-18)12-6-15(22)9-16(23)7-12/h1-10H,(H,25,26)/b13-8+. The molecule has 0 saturated carbocycles. The Kier molecular flexibility index (Phi) is 5.88. The molecule has 27 heavy (non-hydrogen) atoms. The van der Waals surface area contributed by atoms with E-state index in [1.54, 1.807) is 54.6 Å². The largest absolute Gasteiger partial charge is 0.457 e. The van der Waals surface area contributed by atoms with E-state index in [4.69, 9.17) is 39.2 Å². The summed E-state index contributed by atoms with van der Waals surface area (Å²) in [6, 6.07) is 16.9. The third-order valence-electron chi connectivity index (χ3n) is 3.51. The summed E-state index contributed by atoms with van der Waals surface area (Å²) in [5.41, 5.74) is 1.07. The predicted octanol–water partition coefficient (Wildman–Crippen LogP) is 6.45. The molecule has 0 aliphatic carbocycles. The summed E-state index contributed by atoms with van der Waals surface area (Å²) in [5, 5.41) is 13.4. The summed E-state index contributed by atoms with van der Waals surface area (Å²) in [6.45, 7) is 0. The van der Waals surface area contributed by atoms with Crippen molar-refractivity contribution in [2.75, 3.05) is 5.32 Å². The van der Waals surface area contributed by atoms with Crippen LogP contribution in [0.3, 0.4) is 0 Å². The molecule has 0 saturated heterocycles. The van der Waals surface area contributed by atoms with Crippen molar-refractivity contribution >= 4 is 52.5 Å². The summed E-state index contributed by atoms with van der Waals surface area (Å²) in [6.07, 6.45) is 1.36. The van der Waals surface area contributed by atoms with Crippen molar-refractivity contribution in [3.05, 3.63) is 81.0 Å². The van der Waals surface area contributed by atoms with E-state index in [9.17, 15) is 10.1 Å². The second kappa shape index (κ2) is 8.32. The molecule has 1 N–H and O–H groups in total. The third-order valence-corrected chi connectivity index (χ3v) is 4.18. The molecular formula is C20H11Cl3N2O2. The lowest BCUT2D eigenvalue weighted by atomic mass is 10.2. The molecule has 1 amide bonds. The highest BCUT2D eigenvalue weighted by molar-refractivity contribution is 6.35. The Balaban J connectivity index is 1.83. The van der Waals surface area contributed by atoms with Gasteiger partial charge in [-0.05, 0) is 48.5 Å². The second-order valence-electron chi connectivity index (χ2n) is 5.49. The normalized spacial score (nSPS) is 11.1. The van der Waals surface area contributed by atoms with Gasteiger partial charge in [0, 0.05) is 32.4 Å². The zero-order chi connectivity index (χ0) is 19.4. The number of carbonyl (C=O) groups is 1. The summed E-state index contributed by atoms with van der Waals surface area (Å²) in [5.74, 6) is 0.292. The number of nitrogens with one attached hydrogen (secondary N) is 1. The van der Waals surface area contributed by atoms with Gasteiger partial charge in [-0.15, -0.1) is 0 Å². The van der Waals surface area contributed by atoms with Crippen molar-refractivity contribution in [1.29, 1.82) is 5.26 Å². The number of amides is 1. The maximum Gasteiger partial charge on any atom is 0.266 e. The van der Waals surface area contributed by atoms with Gasteiger partial charge in [-0.3, -0.25) is 4.79 Å². The Labute approximate surface area is 170 Å². The van der Waals surface area contributed by atoms with Crippen LogP contribution < -0.4 is 5.32 Å².